The molecule has 1 heterocycles. The minimum absolute atomic E-state index is 0.000729. The van der Waals surface area contributed by atoms with Crippen LogP contribution in [-0.4, -0.2) is 39.9 Å². The van der Waals surface area contributed by atoms with Crippen molar-refractivity contribution in [2.75, 3.05) is 17.7 Å². The Morgan fingerprint density at radius 3 is 2.34 bits per heavy atom. The molecule has 0 saturated carbocycles. The number of aromatic nitrogens is 1. The van der Waals surface area contributed by atoms with Crippen LogP contribution in [0, 0.1) is 0 Å². The predicted molar refractivity (Wildman–Crippen MR) is 134 cm³/mol. The summed E-state index contributed by atoms with van der Waals surface area (Å²) in [5, 5.41) is 12.7. The number of methoxy groups -OCH3 is 1. The van der Waals surface area contributed by atoms with Crippen molar-refractivity contribution in [2.24, 2.45) is 5.73 Å². The number of rotatable bonds is 7. The van der Waals surface area contributed by atoms with Crippen molar-refractivity contribution in [3.8, 4) is 11.5 Å². The monoisotopic (exact) mass is 497 g/mol. The molecule has 0 aliphatic heterocycles. The molecule has 0 saturated heterocycles. The van der Waals surface area contributed by atoms with Gasteiger partial charge in [0.2, 0.25) is 5.91 Å². The summed E-state index contributed by atoms with van der Waals surface area (Å²) in [7, 11) is 1.48. The van der Waals surface area contributed by atoms with Crippen LogP contribution >= 0.6 is 11.5 Å². The molecule has 184 valence electrons. The quantitative estimate of drug-likeness (QED) is 0.390. The number of primary amides is 1. The van der Waals surface area contributed by atoms with Crippen molar-refractivity contribution >= 4 is 40.6 Å². The number of nitrogens with zero attached hydrogens (tertiary/aromatic N) is 2. The van der Waals surface area contributed by atoms with E-state index in [1.165, 1.54) is 24.1 Å². The van der Waals surface area contributed by atoms with Gasteiger partial charge in [-0.1, -0.05) is 18.2 Å². The van der Waals surface area contributed by atoms with E-state index < -0.39 is 29.3 Å². The number of aromatic hydroxyl groups is 1. The van der Waals surface area contributed by atoms with Gasteiger partial charge in [0.15, 0.2) is 5.69 Å². The Bertz CT molecular complexity index is 1250. The molecule has 0 fully saturated rings. The molecule has 35 heavy (non-hydrogen) atoms. The number of nitrogens with one attached hydrogen (secondary N) is 1. The topological polar surface area (TPSA) is 161 Å². The third kappa shape index (κ3) is 5.69. The summed E-state index contributed by atoms with van der Waals surface area (Å²) in [6, 6.07) is 11.4. The first-order valence-corrected chi connectivity index (χ1v) is 11.3. The maximum Gasteiger partial charge on any atom is 0.273 e. The second kappa shape index (κ2) is 10.0. The smallest absolute Gasteiger partial charge is 0.273 e. The highest BCUT2D eigenvalue weighted by atomic mass is 32.1. The number of nitrogen functional groups attached to an aromatic ring is 1. The minimum atomic E-state index is -1.17. The first-order chi connectivity index (χ1) is 16.4. The maximum atomic E-state index is 13.9. The molecular weight excluding hydrogens is 470 g/mol. The SMILES string of the molecule is COc1cccc(N(C(=O)c2snc(C(N)=O)c2N)[C@@H](C(=O)NC(C)(C)C)c2ccc(O)cc2)c1. The molecule has 6 N–H and O–H groups in total. The van der Waals surface area contributed by atoms with E-state index in [1.54, 1.807) is 36.4 Å². The zero-order chi connectivity index (χ0) is 25.9. The second-order valence-corrected chi connectivity index (χ2v) is 9.52. The lowest BCUT2D eigenvalue weighted by Gasteiger charge is -2.33. The van der Waals surface area contributed by atoms with E-state index in [9.17, 15) is 19.5 Å². The molecule has 3 rings (SSSR count). The zero-order valence-electron chi connectivity index (χ0n) is 19.7. The molecule has 11 heteroatoms. The van der Waals surface area contributed by atoms with Crippen LogP contribution in [0.1, 0.15) is 52.5 Å². The van der Waals surface area contributed by atoms with Gasteiger partial charge in [0.25, 0.3) is 11.8 Å². The van der Waals surface area contributed by atoms with Crippen LogP contribution < -0.4 is 26.4 Å². The van der Waals surface area contributed by atoms with Crippen LogP contribution in [0.25, 0.3) is 0 Å². The largest absolute Gasteiger partial charge is 0.508 e. The Morgan fingerprint density at radius 2 is 1.80 bits per heavy atom. The number of phenols is 1. The molecule has 10 nitrogen and oxygen atoms in total. The summed E-state index contributed by atoms with van der Waals surface area (Å²) >= 11 is 0.715. The number of anilines is 2. The Kier molecular flexibility index (Phi) is 7.30. The standard InChI is InChI=1S/C24H27N5O5S/c1-24(2,3)27-22(32)19(13-8-10-15(30)11-9-13)29(14-6-5-7-16(12-14)34-4)23(33)20-17(25)18(21(26)31)28-35-20/h5-12,19,30H,25H2,1-4H3,(H2,26,31)(H,27,32)/t19-/m1/s1. The van der Waals surface area contributed by atoms with Crippen molar-refractivity contribution in [3.63, 3.8) is 0 Å². The molecule has 0 radical (unpaired) electrons. The molecule has 0 aliphatic rings. The molecular formula is C24H27N5O5S. The van der Waals surface area contributed by atoms with E-state index in [0.29, 0.717) is 28.5 Å². The summed E-state index contributed by atoms with van der Waals surface area (Å²) in [4.78, 5) is 40.5. The lowest BCUT2D eigenvalue weighted by Crippen LogP contribution is -2.49. The highest BCUT2D eigenvalue weighted by molar-refractivity contribution is 7.09. The third-order valence-electron chi connectivity index (χ3n) is 4.92. The lowest BCUT2D eigenvalue weighted by atomic mass is 10.00. The van der Waals surface area contributed by atoms with Crippen molar-refractivity contribution < 1.29 is 24.2 Å². The molecule has 1 aromatic heterocycles. The lowest BCUT2D eigenvalue weighted by molar-refractivity contribution is -0.123. The number of carbonyl (C=O) groups is 3. The van der Waals surface area contributed by atoms with Crippen LogP contribution in [0.15, 0.2) is 48.5 Å². The van der Waals surface area contributed by atoms with Gasteiger partial charge in [-0.05, 0) is 62.1 Å². The fourth-order valence-electron chi connectivity index (χ4n) is 3.39. The Hall–Kier alpha value is -4.12. The van der Waals surface area contributed by atoms with Gasteiger partial charge in [0.05, 0.1) is 12.8 Å². The maximum absolute atomic E-state index is 13.9. The number of amides is 3. The van der Waals surface area contributed by atoms with Crippen molar-refractivity contribution in [1.82, 2.24) is 9.69 Å². The first-order valence-electron chi connectivity index (χ1n) is 10.6. The van der Waals surface area contributed by atoms with Crippen LogP contribution in [0.3, 0.4) is 0 Å². The first kappa shape index (κ1) is 25.5. The molecule has 1 atom stereocenters. The van der Waals surface area contributed by atoms with Gasteiger partial charge in [-0.15, -0.1) is 0 Å². The molecule has 0 spiro atoms. The van der Waals surface area contributed by atoms with Gasteiger partial charge in [0, 0.05) is 17.3 Å². The number of nitrogens with two attached hydrogens (primary N) is 2. The van der Waals surface area contributed by atoms with Crippen molar-refractivity contribution in [1.29, 1.82) is 0 Å². The van der Waals surface area contributed by atoms with E-state index in [0.717, 1.165) is 0 Å². The van der Waals surface area contributed by atoms with Crippen LogP contribution in [0.4, 0.5) is 11.4 Å². The fourth-order valence-corrected chi connectivity index (χ4v) is 4.14. The normalized spacial score (nSPS) is 12.0. The molecule has 3 aromatic rings. The molecule has 2 aromatic carbocycles. The number of benzene rings is 2. The summed E-state index contributed by atoms with van der Waals surface area (Å²) < 4.78 is 9.26. The highest BCUT2D eigenvalue weighted by Gasteiger charge is 2.37. The van der Waals surface area contributed by atoms with Crippen LogP contribution in [0.2, 0.25) is 0 Å². The summed E-state index contributed by atoms with van der Waals surface area (Å²) in [6.45, 7) is 5.45. The minimum Gasteiger partial charge on any atom is -0.508 e. The Morgan fingerprint density at radius 1 is 1.14 bits per heavy atom. The van der Waals surface area contributed by atoms with Crippen LogP contribution in [0.5, 0.6) is 11.5 Å². The Labute approximate surface area is 206 Å². The van der Waals surface area contributed by atoms with E-state index in [2.05, 4.69) is 9.69 Å². The highest BCUT2D eigenvalue weighted by Crippen LogP contribution is 2.35. The third-order valence-corrected chi connectivity index (χ3v) is 5.77. The van der Waals surface area contributed by atoms with Gasteiger partial charge >= 0.3 is 0 Å². The van der Waals surface area contributed by atoms with E-state index in [4.69, 9.17) is 16.2 Å². The van der Waals surface area contributed by atoms with Gasteiger partial charge in [0.1, 0.15) is 22.4 Å². The number of carbonyl (C=O) groups excluding carboxylic acids is 3. The Balaban J connectivity index is 2.25. The number of hydrogen-bond donors (Lipinski definition) is 4. The molecule has 0 aliphatic carbocycles. The van der Waals surface area contributed by atoms with Crippen molar-refractivity contribution in [3.05, 3.63) is 64.7 Å². The number of ether oxygens (including phenoxy) is 1. The number of phenolic OH excluding ortho intramolecular Hbond substituents is 1. The van der Waals surface area contributed by atoms with Gasteiger partial charge in [-0.3, -0.25) is 19.3 Å². The molecule has 0 unspecified atom stereocenters. The second-order valence-electron chi connectivity index (χ2n) is 8.75. The molecule has 3 amide bonds. The van der Waals surface area contributed by atoms with E-state index in [1.807, 2.05) is 20.8 Å². The summed E-state index contributed by atoms with van der Waals surface area (Å²) in [6.07, 6.45) is 0. The predicted octanol–water partition coefficient (Wildman–Crippen LogP) is 2.84. The van der Waals surface area contributed by atoms with Crippen molar-refractivity contribution in [2.45, 2.75) is 32.4 Å². The van der Waals surface area contributed by atoms with Gasteiger partial charge in [-0.25, -0.2) is 0 Å². The zero-order valence-corrected chi connectivity index (χ0v) is 20.6. The fraction of sp³-hybridized carbons (Fsp3) is 0.250. The molecule has 0 bridgehead atoms. The summed E-state index contributed by atoms with van der Waals surface area (Å²) in [5.74, 6) is -1.55. The van der Waals surface area contributed by atoms with Crippen LogP contribution in [-0.2, 0) is 4.79 Å². The van der Waals surface area contributed by atoms with E-state index in [-0.39, 0.29) is 22.0 Å². The van der Waals surface area contributed by atoms with Gasteiger partial charge < -0.3 is 26.6 Å². The average Bonchev–Trinajstić information content (AvgIpc) is 3.18. The summed E-state index contributed by atoms with van der Waals surface area (Å²) in [5.41, 5.74) is 11.2. The number of hydrogen-bond acceptors (Lipinski definition) is 8. The van der Waals surface area contributed by atoms with Gasteiger partial charge in [-0.2, -0.15) is 4.37 Å². The van der Waals surface area contributed by atoms with E-state index >= 15 is 0 Å². The average molecular weight is 498 g/mol.